The first-order valence-electron chi connectivity index (χ1n) is 6.23. The van der Waals surface area contributed by atoms with Crippen molar-refractivity contribution < 1.29 is 19.5 Å². The minimum atomic E-state index is -0.861. The van der Waals surface area contributed by atoms with Gasteiger partial charge in [0, 0.05) is 25.4 Å². The number of carboxylic acids is 1. The van der Waals surface area contributed by atoms with Gasteiger partial charge in [0.15, 0.2) is 0 Å². The molecule has 1 atom stereocenters. The maximum Gasteiger partial charge on any atom is 0.303 e. The van der Waals surface area contributed by atoms with Crippen LogP contribution < -0.4 is 5.32 Å². The number of hydrogen-bond donors (Lipinski definition) is 2. The van der Waals surface area contributed by atoms with Crippen LogP contribution in [0.25, 0.3) is 0 Å². The molecule has 1 aliphatic rings. The SMILES string of the molecule is CC(C)N(CCCC(=O)O)C(=O)C1CCC(=O)N1. The zero-order valence-corrected chi connectivity index (χ0v) is 10.8. The first-order valence-corrected chi connectivity index (χ1v) is 6.23. The second-order valence-electron chi connectivity index (χ2n) is 4.78. The number of nitrogens with one attached hydrogen (secondary N) is 1. The van der Waals surface area contributed by atoms with Gasteiger partial charge in [-0.2, -0.15) is 0 Å². The Balaban J connectivity index is 2.52. The Bertz CT molecular complexity index is 341. The molecule has 18 heavy (non-hydrogen) atoms. The summed E-state index contributed by atoms with van der Waals surface area (Å²) in [6.07, 6.45) is 1.39. The summed E-state index contributed by atoms with van der Waals surface area (Å²) in [5, 5.41) is 11.2. The first-order chi connectivity index (χ1) is 8.41. The fourth-order valence-electron chi connectivity index (χ4n) is 2.02. The highest BCUT2D eigenvalue weighted by molar-refractivity contribution is 5.90. The van der Waals surface area contributed by atoms with E-state index in [1.54, 1.807) is 4.90 Å². The van der Waals surface area contributed by atoms with Gasteiger partial charge >= 0.3 is 5.97 Å². The van der Waals surface area contributed by atoms with Crippen molar-refractivity contribution >= 4 is 17.8 Å². The van der Waals surface area contributed by atoms with Gasteiger partial charge in [0.25, 0.3) is 0 Å². The number of carbonyl (C=O) groups is 3. The quantitative estimate of drug-likeness (QED) is 0.718. The number of aliphatic carboxylic acids is 1. The third kappa shape index (κ3) is 4.01. The third-order valence-corrected chi connectivity index (χ3v) is 2.99. The van der Waals surface area contributed by atoms with E-state index in [1.807, 2.05) is 13.8 Å². The lowest BCUT2D eigenvalue weighted by molar-refractivity contribution is -0.139. The summed E-state index contributed by atoms with van der Waals surface area (Å²) < 4.78 is 0. The Morgan fingerprint density at radius 3 is 2.61 bits per heavy atom. The highest BCUT2D eigenvalue weighted by atomic mass is 16.4. The van der Waals surface area contributed by atoms with Crippen LogP contribution in [0.1, 0.15) is 39.5 Å². The number of nitrogens with zero attached hydrogens (tertiary/aromatic N) is 1. The fraction of sp³-hybridized carbons (Fsp3) is 0.750. The standard InChI is InChI=1S/C12H20N2O4/c1-8(2)14(7-3-4-11(16)17)12(18)9-5-6-10(15)13-9/h8-9H,3-7H2,1-2H3,(H,13,15)(H,16,17). The number of carbonyl (C=O) groups excluding carboxylic acids is 2. The monoisotopic (exact) mass is 256 g/mol. The third-order valence-electron chi connectivity index (χ3n) is 2.99. The fourth-order valence-corrected chi connectivity index (χ4v) is 2.02. The summed E-state index contributed by atoms with van der Waals surface area (Å²) >= 11 is 0. The van der Waals surface area contributed by atoms with Crippen LogP contribution >= 0.6 is 0 Å². The van der Waals surface area contributed by atoms with Gasteiger partial charge in [-0.25, -0.2) is 0 Å². The van der Waals surface area contributed by atoms with Crippen LogP contribution in [0.4, 0.5) is 0 Å². The minimum Gasteiger partial charge on any atom is -0.481 e. The number of hydrogen-bond acceptors (Lipinski definition) is 3. The van der Waals surface area contributed by atoms with Crippen LogP contribution in [0.5, 0.6) is 0 Å². The molecule has 0 spiro atoms. The van der Waals surface area contributed by atoms with E-state index in [-0.39, 0.29) is 24.3 Å². The summed E-state index contributed by atoms with van der Waals surface area (Å²) in [5.74, 6) is -1.07. The smallest absolute Gasteiger partial charge is 0.303 e. The molecule has 0 aliphatic carbocycles. The molecular weight excluding hydrogens is 236 g/mol. The molecule has 0 aromatic heterocycles. The Labute approximate surface area is 106 Å². The maximum absolute atomic E-state index is 12.2. The molecule has 1 aliphatic heterocycles. The topological polar surface area (TPSA) is 86.7 Å². The van der Waals surface area contributed by atoms with Crippen molar-refractivity contribution in [2.24, 2.45) is 0 Å². The molecule has 0 radical (unpaired) electrons. The molecule has 6 heteroatoms. The van der Waals surface area contributed by atoms with Crippen molar-refractivity contribution in [3.63, 3.8) is 0 Å². The molecule has 1 unspecified atom stereocenters. The summed E-state index contributed by atoms with van der Waals surface area (Å²) in [6, 6.07) is -0.437. The van der Waals surface area contributed by atoms with Crippen molar-refractivity contribution in [2.75, 3.05) is 6.54 Å². The predicted molar refractivity (Wildman–Crippen MR) is 64.9 cm³/mol. The lowest BCUT2D eigenvalue weighted by Crippen LogP contribution is -2.47. The van der Waals surface area contributed by atoms with Crippen molar-refractivity contribution in [2.45, 2.75) is 51.6 Å². The van der Waals surface area contributed by atoms with Crippen molar-refractivity contribution in [3.05, 3.63) is 0 Å². The molecule has 102 valence electrons. The predicted octanol–water partition coefficient (Wildman–Crippen LogP) is 0.367. The van der Waals surface area contributed by atoms with E-state index in [4.69, 9.17) is 5.11 Å². The van der Waals surface area contributed by atoms with Crippen LogP contribution in [0, 0.1) is 0 Å². The van der Waals surface area contributed by atoms with E-state index in [9.17, 15) is 14.4 Å². The summed E-state index contributed by atoms with van der Waals surface area (Å²) in [4.78, 5) is 35.4. The zero-order chi connectivity index (χ0) is 13.7. The van der Waals surface area contributed by atoms with Crippen LogP contribution in [0.2, 0.25) is 0 Å². The van der Waals surface area contributed by atoms with Gasteiger partial charge in [-0.05, 0) is 26.7 Å². The first kappa shape index (κ1) is 14.5. The highest BCUT2D eigenvalue weighted by Gasteiger charge is 2.31. The molecule has 1 heterocycles. The van der Waals surface area contributed by atoms with Crippen LogP contribution in [-0.4, -0.2) is 46.4 Å². The van der Waals surface area contributed by atoms with E-state index in [0.29, 0.717) is 25.8 Å². The molecule has 1 saturated heterocycles. The largest absolute Gasteiger partial charge is 0.481 e. The molecule has 6 nitrogen and oxygen atoms in total. The molecule has 0 aromatic carbocycles. The van der Waals surface area contributed by atoms with Crippen LogP contribution in [0.3, 0.4) is 0 Å². The van der Waals surface area contributed by atoms with E-state index in [2.05, 4.69) is 5.32 Å². The molecular formula is C12H20N2O4. The molecule has 2 amide bonds. The number of rotatable bonds is 6. The summed E-state index contributed by atoms with van der Waals surface area (Å²) in [5.41, 5.74) is 0. The van der Waals surface area contributed by atoms with Gasteiger partial charge in [0.1, 0.15) is 6.04 Å². The lowest BCUT2D eigenvalue weighted by atomic mass is 10.1. The van der Waals surface area contributed by atoms with Gasteiger partial charge in [-0.1, -0.05) is 0 Å². The average molecular weight is 256 g/mol. The highest BCUT2D eigenvalue weighted by Crippen LogP contribution is 2.12. The average Bonchev–Trinajstić information content (AvgIpc) is 2.69. The van der Waals surface area contributed by atoms with Gasteiger partial charge < -0.3 is 15.3 Å². The molecule has 1 fully saturated rings. The molecule has 0 saturated carbocycles. The number of carboxylic acid groups (broad SMARTS) is 1. The normalized spacial score (nSPS) is 18.8. The Kier molecular flexibility index (Phi) is 5.12. The molecule has 2 N–H and O–H groups in total. The molecule has 0 bridgehead atoms. The van der Waals surface area contributed by atoms with Gasteiger partial charge in [-0.15, -0.1) is 0 Å². The van der Waals surface area contributed by atoms with Gasteiger partial charge in [0.2, 0.25) is 11.8 Å². The van der Waals surface area contributed by atoms with Gasteiger partial charge in [-0.3, -0.25) is 14.4 Å². The minimum absolute atomic E-state index is 0.00352. The van der Waals surface area contributed by atoms with Crippen molar-refractivity contribution in [3.8, 4) is 0 Å². The second kappa shape index (κ2) is 6.37. The lowest BCUT2D eigenvalue weighted by Gasteiger charge is -2.29. The summed E-state index contributed by atoms with van der Waals surface area (Å²) in [7, 11) is 0. The van der Waals surface area contributed by atoms with E-state index >= 15 is 0 Å². The summed E-state index contributed by atoms with van der Waals surface area (Å²) in [6.45, 7) is 4.18. The Hall–Kier alpha value is -1.59. The Morgan fingerprint density at radius 2 is 2.17 bits per heavy atom. The van der Waals surface area contributed by atoms with E-state index < -0.39 is 12.0 Å². The van der Waals surface area contributed by atoms with Gasteiger partial charge in [0.05, 0.1) is 0 Å². The Morgan fingerprint density at radius 1 is 1.50 bits per heavy atom. The zero-order valence-electron chi connectivity index (χ0n) is 10.8. The van der Waals surface area contributed by atoms with E-state index in [0.717, 1.165) is 0 Å². The van der Waals surface area contributed by atoms with Crippen molar-refractivity contribution in [1.82, 2.24) is 10.2 Å². The van der Waals surface area contributed by atoms with Crippen LogP contribution in [-0.2, 0) is 14.4 Å². The van der Waals surface area contributed by atoms with Crippen LogP contribution in [0.15, 0.2) is 0 Å². The van der Waals surface area contributed by atoms with E-state index in [1.165, 1.54) is 0 Å². The van der Waals surface area contributed by atoms with Crippen molar-refractivity contribution in [1.29, 1.82) is 0 Å². The second-order valence-corrected chi connectivity index (χ2v) is 4.78. The maximum atomic E-state index is 12.2. The molecule has 1 rings (SSSR count). The number of amides is 2. The molecule has 0 aromatic rings.